The highest BCUT2D eigenvalue weighted by molar-refractivity contribution is 6.99. The van der Waals surface area contributed by atoms with Crippen LogP contribution in [0.5, 0.6) is 5.88 Å². The first-order valence-electron chi connectivity index (χ1n) is 13.5. The summed E-state index contributed by atoms with van der Waals surface area (Å²) in [4.78, 5) is 26.8. The van der Waals surface area contributed by atoms with Crippen molar-refractivity contribution >= 4 is 29.2 Å². The maximum atomic E-state index is 12.8. The number of quaternary nitrogens is 1. The van der Waals surface area contributed by atoms with Crippen LogP contribution in [-0.4, -0.2) is 82.6 Å². The van der Waals surface area contributed by atoms with Gasteiger partial charge in [0.15, 0.2) is 0 Å². The molecule has 38 heavy (non-hydrogen) atoms. The van der Waals surface area contributed by atoms with E-state index in [1.165, 1.54) is 17.7 Å². The highest BCUT2D eigenvalue weighted by Gasteiger charge is 2.37. The van der Waals surface area contributed by atoms with Gasteiger partial charge in [-0.2, -0.15) is 4.37 Å². The van der Waals surface area contributed by atoms with Gasteiger partial charge < -0.3 is 20.1 Å². The number of unbranched alkanes of at least 4 members (excludes halogenated alkanes) is 3. The molecule has 9 nitrogen and oxygen atoms in total. The Bertz CT molecular complexity index is 1080. The summed E-state index contributed by atoms with van der Waals surface area (Å²) in [6.45, 7) is 6.02. The summed E-state index contributed by atoms with van der Waals surface area (Å²) in [6, 6.07) is 8.88. The van der Waals surface area contributed by atoms with Crippen molar-refractivity contribution in [3.63, 3.8) is 0 Å². The number of carbonyl (C=O) groups is 2. The zero-order valence-corrected chi connectivity index (χ0v) is 23.9. The molecule has 0 spiro atoms. The Morgan fingerprint density at radius 2 is 1.95 bits per heavy atom. The van der Waals surface area contributed by atoms with Crippen molar-refractivity contribution in [2.45, 2.75) is 64.6 Å². The number of hydrogen-bond donors (Lipinski definition) is 1. The SMILES string of the molecule is CCCCCCOc1nsnc1C1=CCC[N+](C)([C@H](C)OC(=O)CN(C)C(=O)[C@@H](N)Cc2ccccc2)C1. The number of esters is 1. The average Bonchev–Trinajstić information content (AvgIpc) is 3.37. The minimum Gasteiger partial charge on any atom is -0.475 e. The first-order valence-corrected chi connectivity index (χ1v) is 14.2. The Labute approximate surface area is 230 Å². The van der Waals surface area contributed by atoms with E-state index in [-0.39, 0.29) is 12.5 Å². The fraction of sp³-hybridized carbons (Fsp3) is 0.571. The van der Waals surface area contributed by atoms with Crippen molar-refractivity contribution in [1.82, 2.24) is 13.6 Å². The van der Waals surface area contributed by atoms with Crippen molar-refractivity contribution in [2.24, 2.45) is 5.73 Å². The highest BCUT2D eigenvalue weighted by atomic mass is 32.1. The molecular weight excluding hydrogens is 502 g/mol. The molecule has 3 atom stereocenters. The Morgan fingerprint density at radius 3 is 2.68 bits per heavy atom. The van der Waals surface area contributed by atoms with E-state index in [9.17, 15) is 9.59 Å². The quantitative estimate of drug-likeness (QED) is 0.220. The normalized spacial score (nSPS) is 18.8. The molecule has 2 aromatic rings. The summed E-state index contributed by atoms with van der Waals surface area (Å²) in [5, 5.41) is 0. The van der Waals surface area contributed by atoms with E-state index in [0.29, 0.717) is 29.9 Å². The number of aromatic nitrogens is 2. The van der Waals surface area contributed by atoms with Crippen LogP contribution in [0, 0.1) is 0 Å². The molecule has 2 heterocycles. The molecule has 2 N–H and O–H groups in total. The van der Waals surface area contributed by atoms with E-state index in [4.69, 9.17) is 15.2 Å². The van der Waals surface area contributed by atoms with Crippen LogP contribution in [0.3, 0.4) is 0 Å². The van der Waals surface area contributed by atoms with Gasteiger partial charge in [0.25, 0.3) is 5.88 Å². The molecule has 1 aromatic carbocycles. The van der Waals surface area contributed by atoms with Crippen LogP contribution in [0.2, 0.25) is 0 Å². The maximum Gasteiger partial charge on any atom is 0.330 e. The van der Waals surface area contributed by atoms with E-state index < -0.39 is 18.2 Å². The number of hydrogen-bond acceptors (Lipinski definition) is 8. The lowest BCUT2D eigenvalue weighted by Crippen LogP contribution is -2.56. The second-order valence-electron chi connectivity index (χ2n) is 10.3. The van der Waals surface area contributed by atoms with Crippen molar-refractivity contribution in [3.8, 4) is 5.88 Å². The predicted molar refractivity (Wildman–Crippen MR) is 149 cm³/mol. The molecule has 1 aliphatic heterocycles. The number of ether oxygens (including phenoxy) is 2. The molecule has 0 saturated heterocycles. The lowest BCUT2D eigenvalue weighted by Gasteiger charge is -2.41. The van der Waals surface area contributed by atoms with E-state index >= 15 is 0 Å². The molecule has 0 aliphatic carbocycles. The van der Waals surface area contributed by atoms with E-state index in [0.717, 1.165) is 54.4 Å². The number of nitrogens with zero attached hydrogens (tertiary/aromatic N) is 4. The number of carbonyl (C=O) groups excluding carboxylic acids is 2. The molecule has 1 aliphatic rings. The van der Waals surface area contributed by atoms with Crippen LogP contribution in [0.25, 0.3) is 5.57 Å². The molecule has 0 bridgehead atoms. The number of benzene rings is 1. The smallest absolute Gasteiger partial charge is 0.330 e. The standard InChI is InChI=1S/C28H42N5O4S/c1-5-6-7-11-17-36-27-26(30-38-31-27)23-15-12-16-33(4,20-23)21(2)37-25(34)19-32(3)28(35)24(29)18-22-13-9-8-10-14-22/h8-10,13-15,21,24H,5-7,11-12,16-20,29H2,1-4H3/q+1/t21-,24-,33?/m0/s1. The van der Waals surface area contributed by atoms with Gasteiger partial charge in [0, 0.05) is 26.0 Å². The zero-order chi connectivity index (χ0) is 27.5. The summed E-state index contributed by atoms with van der Waals surface area (Å²) in [6.07, 6.45) is 7.54. The van der Waals surface area contributed by atoms with Crippen molar-refractivity contribution in [1.29, 1.82) is 0 Å². The van der Waals surface area contributed by atoms with Crippen LogP contribution in [-0.2, 0) is 20.7 Å². The minimum absolute atomic E-state index is 0.152. The fourth-order valence-corrected chi connectivity index (χ4v) is 5.11. The molecule has 3 rings (SSSR count). The molecule has 0 radical (unpaired) electrons. The predicted octanol–water partition coefficient (Wildman–Crippen LogP) is 3.65. The number of rotatable bonds is 14. The third-order valence-corrected chi connectivity index (χ3v) is 7.61. The number of amides is 1. The van der Waals surface area contributed by atoms with Gasteiger partial charge in [-0.25, -0.2) is 4.79 Å². The van der Waals surface area contributed by atoms with Gasteiger partial charge in [-0.15, -0.1) is 4.37 Å². The van der Waals surface area contributed by atoms with E-state index in [2.05, 4.69) is 28.8 Å². The van der Waals surface area contributed by atoms with Crippen molar-refractivity contribution in [2.75, 3.05) is 40.3 Å². The Morgan fingerprint density at radius 1 is 1.18 bits per heavy atom. The molecular formula is C28H42N5O4S+. The topological polar surface area (TPSA) is 108 Å². The second-order valence-corrected chi connectivity index (χ2v) is 10.8. The number of nitrogens with two attached hydrogens (primary N) is 1. The van der Waals surface area contributed by atoms with Crippen molar-refractivity contribution in [3.05, 3.63) is 47.7 Å². The van der Waals surface area contributed by atoms with Crippen LogP contribution < -0.4 is 10.5 Å². The molecule has 1 unspecified atom stereocenters. The maximum absolute atomic E-state index is 12.8. The summed E-state index contributed by atoms with van der Waals surface area (Å²) in [5.41, 5.74) is 8.93. The Hall–Kier alpha value is -2.82. The fourth-order valence-electron chi connectivity index (χ4n) is 4.58. The first-order chi connectivity index (χ1) is 18.2. The van der Waals surface area contributed by atoms with E-state index in [1.807, 2.05) is 37.3 Å². The summed E-state index contributed by atoms with van der Waals surface area (Å²) < 4.78 is 21.2. The molecule has 1 aromatic heterocycles. The second kappa shape index (κ2) is 14.4. The van der Waals surface area contributed by atoms with Crippen LogP contribution in [0.4, 0.5) is 0 Å². The average molecular weight is 545 g/mol. The molecule has 208 valence electrons. The van der Waals surface area contributed by atoms with Gasteiger partial charge in [-0.1, -0.05) is 62.6 Å². The van der Waals surface area contributed by atoms with Gasteiger partial charge >= 0.3 is 5.97 Å². The van der Waals surface area contributed by atoms with Gasteiger partial charge in [0.2, 0.25) is 12.1 Å². The van der Waals surface area contributed by atoms with Crippen molar-refractivity contribution < 1.29 is 23.5 Å². The molecule has 0 fully saturated rings. The van der Waals surface area contributed by atoms with Gasteiger partial charge in [-0.3, -0.25) is 9.28 Å². The largest absolute Gasteiger partial charge is 0.475 e. The monoisotopic (exact) mass is 544 g/mol. The Kier molecular flexibility index (Phi) is 11.2. The van der Waals surface area contributed by atoms with Gasteiger partial charge in [0.05, 0.1) is 38.0 Å². The van der Waals surface area contributed by atoms with Gasteiger partial charge in [0.1, 0.15) is 18.8 Å². The van der Waals surface area contributed by atoms with Crippen LogP contribution >= 0.6 is 11.7 Å². The third kappa shape index (κ3) is 8.34. The minimum atomic E-state index is -0.721. The summed E-state index contributed by atoms with van der Waals surface area (Å²) in [7, 11) is 3.65. The summed E-state index contributed by atoms with van der Waals surface area (Å²) in [5.74, 6) is -0.162. The zero-order valence-electron chi connectivity index (χ0n) is 23.1. The number of likely N-dealkylation sites (N-methyl/N-ethyl adjacent to an activating group) is 2. The van der Waals surface area contributed by atoms with Gasteiger partial charge in [-0.05, 0) is 18.4 Å². The first kappa shape index (κ1) is 29.7. The lowest BCUT2D eigenvalue weighted by atomic mass is 10.0. The third-order valence-electron chi connectivity index (χ3n) is 7.10. The Balaban J connectivity index is 1.52. The molecule has 10 heteroatoms. The van der Waals surface area contributed by atoms with Crippen LogP contribution in [0.1, 0.15) is 57.2 Å². The van der Waals surface area contributed by atoms with E-state index in [1.54, 1.807) is 7.05 Å². The van der Waals surface area contributed by atoms with Crippen LogP contribution in [0.15, 0.2) is 36.4 Å². The summed E-state index contributed by atoms with van der Waals surface area (Å²) >= 11 is 1.15. The molecule has 1 amide bonds. The highest BCUT2D eigenvalue weighted by Crippen LogP contribution is 2.31. The molecule has 0 saturated carbocycles. The lowest BCUT2D eigenvalue weighted by molar-refractivity contribution is -0.944.